The summed E-state index contributed by atoms with van der Waals surface area (Å²) in [5.41, 5.74) is 2.22. The highest BCUT2D eigenvalue weighted by molar-refractivity contribution is 7.92. The van der Waals surface area contributed by atoms with Gasteiger partial charge in [-0.25, -0.2) is 8.42 Å². The van der Waals surface area contributed by atoms with E-state index in [1.54, 1.807) is 86.0 Å². The van der Waals surface area contributed by atoms with Gasteiger partial charge in [0.25, 0.3) is 15.9 Å². The third-order valence-corrected chi connectivity index (χ3v) is 7.68. The van der Waals surface area contributed by atoms with E-state index in [0.717, 1.165) is 9.87 Å². The third-order valence-electron chi connectivity index (χ3n) is 5.67. The van der Waals surface area contributed by atoms with Gasteiger partial charge in [0.15, 0.2) is 0 Å². The van der Waals surface area contributed by atoms with Gasteiger partial charge < -0.3 is 10.6 Å². The predicted molar refractivity (Wildman–Crippen MR) is 148 cm³/mol. The van der Waals surface area contributed by atoms with E-state index in [9.17, 15) is 18.0 Å². The van der Waals surface area contributed by atoms with Crippen LogP contribution < -0.4 is 14.9 Å². The van der Waals surface area contributed by atoms with Crippen LogP contribution in [0, 0.1) is 6.92 Å². The average Bonchev–Trinajstić information content (AvgIpc) is 2.92. The number of nitrogens with zero attached hydrogens (tertiary/aromatic N) is 2. The largest absolute Gasteiger partial charge is 0.348 e. The maximum atomic E-state index is 13.6. The Hall–Kier alpha value is -4.21. The smallest absolute Gasteiger partial charge is 0.264 e. The number of hydrogen-bond donors (Lipinski definition) is 2. The maximum absolute atomic E-state index is 13.6. The van der Waals surface area contributed by atoms with Crippen molar-refractivity contribution in [2.45, 2.75) is 18.4 Å². The number of halogens is 1. The van der Waals surface area contributed by atoms with Crippen LogP contribution in [0.4, 0.5) is 11.4 Å². The van der Waals surface area contributed by atoms with E-state index in [0.29, 0.717) is 16.3 Å². The van der Waals surface area contributed by atoms with Gasteiger partial charge in [-0.2, -0.15) is 0 Å². The SMILES string of the molecule is Cc1cc(Cl)ccc1N(CC(=O)Nc1ccccc1C(=O)NCc1cccnc1)S(=O)(=O)c1ccccc1. The third kappa shape index (κ3) is 6.37. The fourth-order valence-electron chi connectivity index (χ4n) is 3.81. The number of aryl methyl sites for hydroxylation is 1. The number of carbonyl (C=O) groups excluding carboxylic acids is 2. The van der Waals surface area contributed by atoms with Crippen molar-refractivity contribution in [3.63, 3.8) is 0 Å². The topological polar surface area (TPSA) is 108 Å². The first kappa shape index (κ1) is 26.8. The molecule has 0 radical (unpaired) electrons. The Morgan fingerprint density at radius 3 is 2.39 bits per heavy atom. The molecule has 4 aromatic rings. The zero-order chi connectivity index (χ0) is 27.1. The number of benzene rings is 3. The molecule has 0 aliphatic heterocycles. The maximum Gasteiger partial charge on any atom is 0.264 e. The highest BCUT2D eigenvalue weighted by atomic mass is 35.5. The van der Waals surface area contributed by atoms with Crippen LogP contribution in [-0.4, -0.2) is 31.8 Å². The Morgan fingerprint density at radius 1 is 0.947 bits per heavy atom. The van der Waals surface area contributed by atoms with Gasteiger partial charge in [-0.05, 0) is 66.6 Å². The Morgan fingerprint density at radius 2 is 1.68 bits per heavy atom. The van der Waals surface area contributed by atoms with Gasteiger partial charge in [0.2, 0.25) is 5.91 Å². The summed E-state index contributed by atoms with van der Waals surface area (Å²) in [6, 6.07) is 22.7. The number of sulfonamides is 1. The van der Waals surface area contributed by atoms with E-state index in [-0.39, 0.29) is 22.7 Å². The van der Waals surface area contributed by atoms with Gasteiger partial charge in [0.05, 0.1) is 21.8 Å². The number of nitrogens with one attached hydrogen (secondary N) is 2. The van der Waals surface area contributed by atoms with Crippen molar-refractivity contribution in [2.75, 3.05) is 16.2 Å². The summed E-state index contributed by atoms with van der Waals surface area (Å²) in [6.45, 7) is 1.45. The number of rotatable bonds is 9. The van der Waals surface area contributed by atoms with E-state index in [1.165, 1.54) is 12.1 Å². The lowest BCUT2D eigenvalue weighted by Gasteiger charge is -2.26. The molecule has 0 atom stereocenters. The monoisotopic (exact) mass is 548 g/mol. The molecule has 4 rings (SSSR count). The second kappa shape index (κ2) is 11.9. The molecule has 1 heterocycles. The quantitative estimate of drug-likeness (QED) is 0.312. The molecule has 38 heavy (non-hydrogen) atoms. The van der Waals surface area contributed by atoms with Crippen LogP contribution in [-0.2, 0) is 21.4 Å². The van der Waals surface area contributed by atoms with Gasteiger partial charge >= 0.3 is 0 Å². The molecule has 0 saturated heterocycles. The first-order chi connectivity index (χ1) is 18.3. The molecule has 0 unspecified atom stereocenters. The molecule has 0 bridgehead atoms. The molecule has 2 N–H and O–H groups in total. The summed E-state index contributed by atoms with van der Waals surface area (Å²) in [5.74, 6) is -1.02. The van der Waals surface area contributed by atoms with Crippen molar-refractivity contribution in [2.24, 2.45) is 0 Å². The van der Waals surface area contributed by atoms with E-state index >= 15 is 0 Å². The summed E-state index contributed by atoms with van der Waals surface area (Å²) in [7, 11) is -4.10. The molecule has 194 valence electrons. The molecule has 0 aliphatic carbocycles. The van der Waals surface area contributed by atoms with Crippen LogP contribution >= 0.6 is 11.6 Å². The lowest BCUT2D eigenvalue weighted by molar-refractivity contribution is -0.114. The van der Waals surface area contributed by atoms with E-state index < -0.39 is 28.4 Å². The number of amides is 2. The number of hydrogen-bond acceptors (Lipinski definition) is 5. The molecule has 3 aromatic carbocycles. The van der Waals surface area contributed by atoms with Crippen LogP contribution in [0.2, 0.25) is 5.02 Å². The first-order valence-corrected chi connectivity index (χ1v) is 13.5. The molecule has 0 saturated carbocycles. The van der Waals surface area contributed by atoms with Crippen molar-refractivity contribution >= 4 is 44.8 Å². The minimum Gasteiger partial charge on any atom is -0.348 e. The predicted octanol–water partition coefficient (Wildman–Crippen LogP) is 4.81. The van der Waals surface area contributed by atoms with E-state index in [1.807, 2.05) is 6.07 Å². The Kier molecular flexibility index (Phi) is 8.40. The van der Waals surface area contributed by atoms with Crippen molar-refractivity contribution in [3.8, 4) is 0 Å². The molecular weight excluding hydrogens is 524 g/mol. The summed E-state index contributed by atoms with van der Waals surface area (Å²) < 4.78 is 28.2. The van der Waals surface area contributed by atoms with Gasteiger partial charge in [-0.3, -0.25) is 18.9 Å². The lowest BCUT2D eigenvalue weighted by atomic mass is 10.1. The van der Waals surface area contributed by atoms with Crippen LogP contribution in [0.25, 0.3) is 0 Å². The Bertz CT molecular complexity index is 1550. The second-order valence-electron chi connectivity index (χ2n) is 8.39. The zero-order valence-electron chi connectivity index (χ0n) is 20.5. The molecule has 0 aliphatic rings. The van der Waals surface area contributed by atoms with Crippen LogP contribution in [0.15, 0.2) is 102 Å². The average molecular weight is 549 g/mol. The molecule has 0 fully saturated rings. The summed E-state index contributed by atoms with van der Waals surface area (Å²) in [4.78, 5) is 30.2. The van der Waals surface area contributed by atoms with Gasteiger partial charge in [-0.15, -0.1) is 0 Å². The van der Waals surface area contributed by atoms with Crippen LogP contribution in [0.5, 0.6) is 0 Å². The zero-order valence-corrected chi connectivity index (χ0v) is 22.0. The number of para-hydroxylation sites is 1. The van der Waals surface area contributed by atoms with Crippen molar-refractivity contribution < 1.29 is 18.0 Å². The van der Waals surface area contributed by atoms with Crippen LogP contribution in [0.3, 0.4) is 0 Å². The molecule has 10 heteroatoms. The molecule has 1 aromatic heterocycles. The number of carbonyl (C=O) groups is 2. The number of pyridine rings is 1. The molecule has 2 amide bonds. The second-order valence-corrected chi connectivity index (χ2v) is 10.7. The van der Waals surface area contributed by atoms with E-state index in [2.05, 4.69) is 15.6 Å². The van der Waals surface area contributed by atoms with Gasteiger partial charge in [0.1, 0.15) is 6.54 Å². The van der Waals surface area contributed by atoms with Crippen LogP contribution in [0.1, 0.15) is 21.5 Å². The summed E-state index contributed by atoms with van der Waals surface area (Å²) in [5, 5.41) is 5.95. The van der Waals surface area contributed by atoms with E-state index in [4.69, 9.17) is 11.6 Å². The Labute approximate surface area is 226 Å². The minimum absolute atomic E-state index is 0.0392. The summed E-state index contributed by atoms with van der Waals surface area (Å²) >= 11 is 6.09. The van der Waals surface area contributed by atoms with Crippen molar-refractivity contribution in [3.05, 3.63) is 119 Å². The van der Waals surface area contributed by atoms with Crippen molar-refractivity contribution in [1.82, 2.24) is 10.3 Å². The summed E-state index contributed by atoms with van der Waals surface area (Å²) in [6.07, 6.45) is 3.29. The molecule has 8 nitrogen and oxygen atoms in total. The highest BCUT2D eigenvalue weighted by Gasteiger charge is 2.28. The molecular formula is C28H25ClN4O4S. The fraction of sp³-hybridized carbons (Fsp3) is 0.107. The highest BCUT2D eigenvalue weighted by Crippen LogP contribution is 2.29. The number of aromatic nitrogens is 1. The van der Waals surface area contributed by atoms with Gasteiger partial charge in [-0.1, -0.05) is 48.0 Å². The van der Waals surface area contributed by atoms with Gasteiger partial charge in [0, 0.05) is 24.0 Å². The fourth-order valence-corrected chi connectivity index (χ4v) is 5.54. The standard InChI is InChI=1S/C28H25ClN4O4S/c1-20-16-22(29)13-14-26(20)33(38(36,37)23-9-3-2-4-10-23)19-27(34)32-25-12-6-5-11-24(25)28(35)31-18-21-8-7-15-30-17-21/h2-17H,18-19H2,1H3,(H,31,35)(H,32,34). The Balaban J connectivity index is 1.58. The first-order valence-electron chi connectivity index (χ1n) is 11.7. The number of anilines is 2. The minimum atomic E-state index is -4.10. The van der Waals surface area contributed by atoms with Crippen molar-refractivity contribution in [1.29, 1.82) is 0 Å². The molecule has 0 spiro atoms. The lowest BCUT2D eigenvalue weighted by Crippen LogP contribution is -2.38. The normalized spacial score (nSPS) is 11.0.